The minimum Gasteiger partial charge on any atom is -0.383 e. The van der Waals surface area contributed by atoms with Crippen LogP contribution in [-0.2, 0) is 22.6 Å². The van der Waals surface area contributed by atoms with Gasteiger partial charge in [-0.25, -0.2) is 9.37 Å². The maximum atomic E-state index is 13.3. The summed E-state index contributed by atoms with van der Waals surface area (Å²) >= 11 is 1.21. The van der Waals surface area contributed by atoms with Gasteiger partial charge >= 0.3 is 0 Å². The molecule has 0 aliphatic heterocycles. The van der Waals surface area contributed by atoms with Gasteiger partial charge in [-0.05, 0) is 29.8 Å². The fourth-order valence-corrected chi connectivity index (χ4v) is 3.84. The van der Waals surface area contributed by atoms with Crippen LogP contribution in [0.25, 0.3) is 10.9 Å². The zero-order chi connectivity index (χ0) is 20.8. The summed E-state index contributed by atoms with van der Waals surface area (Å²) in [6, 6.07) is 13.3. The third-order valence-electron chi connectivity index (χ3n) is 4.40. The summed E-state index contributed by atoms with van der Waals surface area (Å²) in [6.07, 6.45) is 0. The van der Waals surface area contributed by atoms with Crippen LogP contribution in [0.5, 0.6) is 0 Å². The molecule has 0 fully saturated rings. The van der Waals surface area contributed by atoms with Crippen LogP contribution in [0.2, 0.25) is 0 Å². The van der Waals surface area contributed by atoms with Gasteiger partial charge in [0.05, 0.1) is 29.8 Å². The molecule has 0 unspecified atom stereocenters. The third-order valence-corrected chi connectivity index (χ3v) is 5.37. The highest BCUT2D eigenvalue weighted by atomic mass is 32.2. The minimum absolute atomic E-state index is 0.115. The number of halogens is 1. The number of thioether (sulfide) groups is 1. The van der Waals surface area contributed by atoms with Crippen molar-refractivity contribution in [1.29, 1.82) is 0 Å². The van der Waals surface area contributed by atoms with Gasteiger partial charge in [-0.2, -0.15) is 0 Å². The molecule has 6 nitrogen and oxygen atoms in total. The van der Waals surface area contributed by atoms with Crippen molar-refractivity contribution in [3.8, 4) is 0 Å². The van der Waals surface area contributed by atoms with E-state index >= 15 is 0 Å². The van der Waals surface area contributed by atoms with Crippen molar-refractivity contribution in [2.45, 2.75) is 18.2 Å². The number of rotatable bonds is 8. The molecule has 1 aromatic heterocycles. The molecular weight excluding hydrogens is 393 g/mol. The average molecular weight is 415 g/mol. The van der Waals surface area contributed by atoms with Crippen LogP contribution in [0.3, 0.4) is 0 Å². The van der Waals surface area contributed by atoms with Gasteiger partial charge in [0.15, 0.2) is 5.16 Å². The molecule has 0 saturated heterocycles. The summed E-state index contributed by atoms with van der Waals surface area (Å²) < 4.78 is 20.0. The highest BCUT2D eigenvalue weighted by Crippen LogP contribution is 2.19. The fourth-order valence-electron chi connectivity index (χ4n) is 2.87. The van der Waals surface area contributed by atoms with Crippen LogP contribution >= 0.6 is 11.8 Å². The molecule has 0 aliphatic carbocycles. The molecule has 0 N–H and O–H groups in total. The molecular formula is C21H22FN3O3S. The van der Waals surface area contributed by atoms with E-state index in [0.717, 1.165) is 0 Å². The predicted octanol–water partition coefficient (Wildman–Crippen LogP) is 2.93. The molecule has 0 bridgehead atoms. The van der Waals surface area contributed by atoms with Crippen molar-refractivity contribution in [2.24, 2.45) is 0 Å². The zero-order valence-electron chi connectivity index (χ0n) is 16.3. The maximum absolute atomic E-state index is 13.3. The van der Waals surface area contributed by atoms with Crippen molar-refractivity contribution >= 4 is 28.6 Å². The molecule has 3 rings (SSSR count). The molecule has 29 heavy (non-hydrogen) atoms. The first-order chi connectivity index (χ1) is 14.0. The Kier molecular flexibility index (Phi) is 7.00. The molecule has 1 amide bonds. The summed E-state index contributed by atoms with van der Waals surface area (Å²) in [5.41, 5.74) is 1.15. The average Bonchev–Trinajstić information content (AvgIpc) is 2.71. The topological polar surface area (TPSA) is 64.4 Å². The van der Waals surface area contributed by atoms with Crippen LogP contribution < -0.4 is 5.56 Å². The van der Waals surface area contributed by atoms with E-state index in [0.29, 0.717) is 41.3 Å². The van der Waals surface area contributed by atoms with Gasteiger partial charge in [-0.3, -0.25) is 14.2 Å². The Morgan fingerprint density at radius 1 is 1.24 bits per heavy atom. The normalized spacial score (nSPS) is 11.0. The van der Waals surface area contributed by atoms with Crippen LogP contribution in [0.1, 0.15) is 5.56 Å². The van der Waals surface area contributed by atoms with E-state index in [-0.39, 0.29) is 23.0 Å². The number of hydrogen-bond acceptors (Lipinski definition) is 5. The second-order valence-electron chi connectivity index (χ2n) is 6.53. The minimum atomic E-state index is -0.333. The smallest absolute Gasteiger partial charge is 0.262 e. The number of carbonyl (C=O) groups excluding carboxylic acids is 1. The molecule has 1 heterocycles. The number of amides is 1. The summed E-state index contributed by atoms with van der Waals surface area (Å²) in [4.78, 5) is 31.5. The SMILES string of the molecule is COCCn1c(SCC(=O)N(C)Cc2cccc(F)c2)nc2ccccc2c1=O. The number of ether oxygens (including phenoxy) is 1. The number of carbonyl (C=O) groups is 1. The highest BCUT2D eigenvalue weighted by Gasteiger charge is 2.15. The highest BCUT2D eigenvalue weighted by molar-refractivity contribution is 7.99. The standard InChI is InChI=1S/C21H22FN3O3S/c1-24(13-15-6-5-7-16(22)12-15)19(26)14-29-21-23-18-9-4-3-8-17(18)20(27)25(21)10-11-28-2/h3-9,12H,10-11,13-14H2,1-2H3. The van der Waals surface area contributed by atoms with Gasteiger partial charge in [-0.1, -0.05) is 36.0 Å². The van der Waals surface area contributed by atoms with Crippen LogP contribution in [0.4, 0.5) is 4.39 Å². The van der Waals surface area contributed by atoms with Gasteiger partial charge in [0.1, 0.15) is 5.82 Å². The Morgan fingerprint density at radius 2 is 2.03 bits per heavy atom. The lowest BCUT2D eigenvalue weighted by Crippen LogP contribution is -2.29. The quantitative estimate of drug-likeness (QED) is 0.418. The second-order valence-corrected chi connectivity index (χ2v) is 7.47. The molecule has 8 heteroatoms. The number of nitrogens with zero attached hydrogens (tertiary/aromatic N) is 3. The molecule has 0 saturated carbocycles. The van der Waals surface area contributed by atoms with E-state index in [2.05, 4.69) is 4.98 Å². The number of hydrogen-bond donors (Lipinski definition) is 0. The Balaban J connectivity index is 1.76. The van der Waals surface area contributed by atoms with Crippen LogP contribution in [0, 0.1) is 5.82 Å². The van der Waals surface area contributed by atoms with Crippen molar-refractivity contribution in [3.63, 3.8) is 0 Å². The lowest BCUT2D eigenvalue weighted by molar-refractivity contribution is -0.127. The van der Waals surface area contributed by atoms with E-state index < -0.39 is 0 Å². The number of methoxy groups -OCH3 is 1. The first kappa shape index (κ1) is 21.0. The van der Waals surface area contributed by atoms with Crippen molar-refractivity contribution < 1.29 is 13.9 Å². The molecule has 0 spiro atoms. The van der Waals surface area contributed by atoms with E-state index in [4.69, 9.17) is 4.74 Å². The largest absolute Gasteiger partial charge is 0.383 e. The summed E-state index contributed by atoms with van der Waals surface area (Å²) in [5, 5.41) is 1.00. The maximum Gasteiger partial charge on any atom is 0.262 e. The van der Waals surface area contributed by atoms with Gasteiger partial charge in [0.25, 0.3) is 5.56 Å². The van der Waals surface area contributed by atoms with E-state index in [9.17, 15) is 14.0 Å². The molecule has 0 atom stereocenters. The number of aromatic nitrogens is 2. The Labute approximate surface area is 172 Å². The zero-order valence-corrected chi connectivity index (χ0v) is 17.1. The number of fused-ring (bicyclic) bond motifs is 1. The van der Waals surface area contributed by atoms with Crippen LogP contribution in [-0.4, -0.2) is 46.9 Å². The Morgan fingerprint density at radius 3 is 2.79 bits per heavy atom. The van der Waals surface area contributed by atoms with Crippen molar-refractivity contribution in [2.75, 3.05) is 26.5 Å². The number of benzene rings is 2. The first-order valence-electron chi connectivity index (χ1n) is 9.09. The summed E-state index contributed by atoms with van der Waals surface area (Å²) in [5.74, 6) is -0.357. The fraction of sp³-hybridized carbons (Fsp3) is 0.286. The number of para-hydroxylation sites is 1. The monoisotopic (exact) mass is 415 g/mol. The second kappa shape index (κ2) is 9.67. The predicted molar refractivity (Wildman–Crippen MR) is 111 cm³/mol. The summed E-state index contributed by atoms with van der Waals surface area (Å²) in [6.45, 7) is 1.02. The van der Waals surface area contributed by atoms with Crippen LogP contribution in [0.15, 0.2) is 58.5 Å². The van der Waals surface area contributed by atoms with Crippen molar-refractivity contribution in [1.82, 2.24) is 14.5 Å². The van der Waals surface area contributed by atoms with Gasteiger partial charge in [0, 0.05) is 20.7 Å². The molecule has 2 aromatic carbocycles. The van der Waals surface area contributed by atoms with Gasteiger partial charge in [0.2, 0.25) is 5.91 Å². The molecule has 152 valence electrons. The first-order valence-corrected chi connectivity index (χ1v) is 10.1. The van der Waals surface area contributed by atoms with Gasteiger partial charge < -0.3 is 9.64 Å². The molecule has 0 radical (unpaired) electrons. The van der Waals surface area contributed by atoms with E-state index in [1.807, 2.05) is 6.07 Å². The Hall–Kier alpha value is -2.71. The molecule has 0 aliphatic rings. The van der Waals surface area contributed by atoms with E-state index in [1.165, 1.54) is 33.4 Å². The Bertz CT molecular complexity index is 1070. The van der Waals surface area contributed by atoms with E-state index in [1.54, 1.807) is 44.5 Å². The summed E-state index contributed by atoms with van der Waals surface area (Å²) in [7, 11) is 3.23. The lowest BCUT2D eigenvalue weighted by atomic mass is 10.2. The third kappa shape index (κ3) is 5.21. The lowest BCUT2D eigenvalue weighted by Gasteiger charge is -2.18. The van der Waals surface area contributed by atoms with Gasteiger partial charge in [-0.15, -0.1) is 0 Å². The molecule has 3 aromatic rings. The van der Waals surface area contributed by atoms with Crippen molar-refractivity contribution in [3.05, 3.63) is 70.3 Å².